The van der Waals surface area contributed by atoms with Gasteiger partial charge >= 0.3 is 0 Å². The van der Waals surface area contributed by atoms with Crippen LogP contribution in [0.2, 0.25) is 0 Å². The van der Waals surface area contributed by atoms with Gasteiger partial charge in [-0.25, -0.2) is 0 Å². The van der Waals surface area contributed by atoms with E-state index in [1.165, 1.54) is 6.42 Å². The van der Waals surface area contributed by atoms with Crippen molar-refractivity contribution in [3.8, 4) is 0 Å². The fourth-order valence-corrected chi connectivity index (χ4v) is 5.01. The molecular weight excluding hydrogens is 278 g/mol. The highest BCUT2D eigenvalue weighted by molar-refractivity contribution is 5.96. The monoisotopic (exact) mass is 307 g/mol. The minimum absolute atomic E-state index is 0.139. The normalized spacial score (nSPS) is 34.5. The summed E-state index contributed by atoms with van der Waals surface area (Å²) in [5.41, 5.74) is 4.72. The third-order valence-corrected chi connectivity index (χ3v) is 5.98. The Morgan fingerprint density at radius 3 is 2.55 bits per heavy atom. The van der Waals surface area contributed by atoms with E-state index in [4.69, 9.17) is 5.73 Å². The Morgan fingerprint density at radius 1 is 1.23 bits per heavy atom. The third-order valence-electron chi connectivity index (χ3n) is 5.98. The smallest absolute Gasteiger partial charge is 0.245 e. The predicted octanol–water partition coefficient (Wildman–Crippen LogP) is 1.90. The maximum atomic E-state index is 13.3. The molecule has 0 bridgehead atoms. The summed E-state index contributed by atoms with van der Waals surface area (Å²) < 4.78 is 0. The Labute approximate surface area is 133 Å². The summed E-state index contributed by atoms with van der Waals surface area (Å²) in [6, 6.07) is 0. The molecule has 2 amide bonds. The average molecular weight is 307 g/mol. The number of carbonyl (C=O) groups is 2. The molecule has 3 fully saturated rings. The molecule has 22 heavy (non-hydrogen) atoms. The quantitative estimate of drug-likeness (QED) is 0.836. The van der Waals surface area contributed by atoms with Crippen molar-refractivity contribution < 1.29 is 9.59 Å². The molecule has 124 valence electrons. The second-order valence-electron chi connectivity index (χ2n) is 7.35. The molecule has 3 rings (SSSR count). The molecule has 0 radical (unpaired) electrons. The van der Waals surface area contributed by atoms with Crippen molar-refractivity contribution in [3.05, 3.63) is 0 Å². The molecule has 2 atom stereocenters. The molecule has 0 aromatic heterocycles. The highest BCUT2D eigenvalue weighted by Crippen LogP contribution is 2.46. The lowest BCUT2D eigenvalue weighted by atomic mass is 9.72. The van der Waals surface area contributed by atoms with Crippen LogP contribution in [0.1, 0.15) is 71.1 Å². The molecule has 3 N–H and O–H groups in total. The highest BCUT2D eigenvalue weighted by Gasteiger charge is 2.62. The average Bonchev–Trinajstić information content (AvgIpc) is 2.71. The summed E-state index contributed by atoms with van der Waals surface area (Å²) in [6.07, 6.45) is 9.99. The van der Waals surface area contributed by atoms with Crippen LogP contribution in [0.3, 0.4) is 0 Å². The molecule has 1 saturated heterocycles. The molecule has 0 aromatic rings. The van der Waals surface area contributed by atoms with E-state index >= 15 is 0 Å². The van der Waals surface area contributed by atoms with Crippen LogP contribution >= 0.6 is 0 Å². The summed E-state index contributed by atoms with van der Waals surface area (Å²) in [4.78, 5) is 27.4. The van der Waals surface area contributed by atoms with E-state index in [1.54, 1.807) is 0 Å². The van der Waals surface area contributed by atoms with Gasteiger partial charge < -0.3 is 10.6 Å². The first-order valence-electron chi connectivity index (χ1n) is 8.96. The molecule has 5 nitrogen and oxygen atoms in total. The lowest BCUT2D eigenvalue weighted by Crippen LogP contribution is -2.61. The van der Waals surface area contributed by atoms with E-state index in [-0.39, 0.29) is 23.4 Å². The second kappa shape index (κ2) is 5.84. The van der Waals surface area contributed by atoms with Crippen LogP contribution in [-0.2, 0) is 9.59 Å². The lowest BCUT2D eigenvalue weighted by Gasteiger charge is -2.43. The number of hydrogen-bond acceptors (Lipinski definition) is 3. The first kappa shape index (κ1) is 15.8. The minimum Gasteiger partial charge on any atom is -0.369 e. The summed E-state index contributed by atoms with van der Waals surface area (Å²) in [6.45, 7) is 2.89. The number of hydrogen-bond donors (Lipinski definition) is 2. The molecule has 0 aromatic carbocycles. The van der Waals surface area contributed by atoms with Crippen LogP contribution in [0.4, 0.5) is 0 Å². The molecule has 2 spiro atoms. The third kappa shape index (κ3) is 2.25. The van der Waals surface area contributed by atoms with Crippen molar-refractivity contribution in [3.63, 3.8) is 0 Å². The van der Waals surface area contributed by atoms with Gasteiger partial charge in [-0.2, -0.15) is 0 Å². The van der Waals surface area contributed by atoms with Gasteiger partial charge in [0.25, 0.3) is 0 Å². The van der Waals surface area contributed by atoms with E-state index in [2.05, 4.69) is 17.1 Å². The number of nitrogens with zero attached hydrogens (tertiary/aromatic N) is 1. The molecule has 1 aliphatic heterocycles. The van der Waals surface area contributed by atoms with Gasteiger partial charge in [0.15, 0.2) is 0 Å². The molecular formula is C17H29N3O2. The van der Waals surface area contributed by atoms with E-state index in [1.807, 2.05) is 0 Å². The molecule has 2 unspecified atom stereocenters. The van der Waals surface area contributed by atoms with Gasteiger partial charge in [0.2, 0.25) is 11.8 Å². The first-order chi connectivity index (χ1) is 10.6. The number of primary amides is 1. The molecule has 3 aliphatic rings. The van der Waals surface area contributed by atoms with Gasteiger partial charge in [-0.05, 0) is 44.9 Å². The maximum Gasteiger partial charge on any atom is 0.245 e. The van der Waals surface area contributed by atoms with E-state index in [0.717, 1.165) is 64.3 Å². The standard InChI is InChI=1S/C17H29N3O2/c1-2-12-20-15(22)17(11-7-4-8-13(17)14(18)21)19-16(20)9-5-3-6-10-16/h13,19H,2-12H2,1H3,(H2,18,21). The number of amides is 2. The Hall–Kier alpha value is -1.10. The van der Waals surface area contributed by atoms with Gasteiger partial charge in [-0.3, -0.25) is 14.9 Å². The largest absolute Gasteiger partial charge is 0.369 e. The Bertz CT molecular complexity index is 459. The zero-order valence-electron chi connectivity index (χ0n) is 13.7. The van der Waals surface area contributed by atoms with Crippen LogP contribution in [-0.4, -0.2) is 34.5 Å². The zero-order chi connectivity index (χ0) is 15.8. The molecule has 2 saturated carbocycles. The number of rotatable bonds is 3. The van der Waals surface area contributed by atoms with Gasteiger partial charge in [0.1, 0.15) is 5.54 Å². The lowest BCUT2D eigenvalue weighted by molar-refractivity contribution is -0.141. The number of nitrogens with one attached hydrogen (secondary N) is 1. The number of carbonyl (C=O) groups excluding carboxylic acids is 2. The molecule has 1 heterocycles. The summed E-state index contributed by atoms with van der Waals surface area (Å²) >= 11 is 0. The van der Waals surface area contributed by atoms with Crippen LogP contribution in [0.25, 0.3) is 0 Å². The molecule has 5 heteroatoms. The predicted molar refractivity (Wildman–Crippen MR) is 84.8 cm³/mol. The van der Waals surface area contributed by atoms with Crippen molar-refractivity contribution in [1.29, 1.82) is 0 Å². The van der Waals surface area contributed by atoms with E-state index in [0.29, 0.717) is 0 Å². The van der Waals surface area contributed by atoms with Crippen molar-refractivity contribution >= 4 is 11.8 Å². The van der Waals surface area contributed by atoms with Gasteiger partial charge in [-0.1, -0.05) is 26.2 Å². The van der Waals surface area contributed by atoms with Gasteiger partial charge in [0.05, 0.1) is 11.6 Å². The Balaban J connectivity index is 1.98. The minimum atomic E-state index is -0.726. The van der Waals surface area contributed by atoms with Crippen LogP contribution in [0, 0.1) is 5.92 Å². The fraction of sp³-hybridized carbons (Fsp3) is 0.882. The highest BCUT2D eigenvalue weighted by atomic mass is 16.2. The SMILES string of the molecule is CCCN1C(=O)C2(CCCCC2C(N)=O)NC12CCCCC2. The summed E-state index contributed by atoms with van der Waals surface area (Å²) in [7, 11) is 0. The van der Waals surface area contributed by atoms with E-state index < -0.39 is 5.54 Å². The molecule has 2 aliphatic carbocycles. The van der Waals surface area contributed by atoms with E-state index in [9.17, 15) is 9.59 Å². The summed E-state index contributed by atoms with van der Waals surface area (Å²) in [5.74, 6) is -0.529. The van der Waals surface area contributed by atoms with Gasteiger partial charge in [-0.15, -0.1) is 0 Å². The van der Waals surface area contributed by atoms with Gasteiger partial charge in [0, 0.05) is 6.54 Å². The second-order valence-corrected chi connectivity index (χ2v) is 7.35. The Morgan fingerprint density at radius 2 is 1.91 bits per heavy atom. The van der Waals surface area contributed by atoms with Crippen molar-refractivity contribution in [1.82, 2.24) is 10.2 Å². The van der Waals surface area contributed by atoms with Crippen molar-refractivity contribution in [2.45, 2.75) is 82.3 Å². The first-order valence-corrected chi connectivity index (χ1v) is 8.96. The summed E-state index contributed by atoms with van der Waals surface area (Å²) in [5, 5.41) is 3.71. The number of nitrogens with two attached hydrogens (primary N) is 1. The maximum absolute atomic E-state index is 13.3. The fourth-order valence-electron chi connectivity index (χ4n) is 5.01. The Kier molecular flexibility index (Phi) is 4.19. The van der Waals surface area contributed by atoms with Crippen LogP contribution in [0.5, 0.6) is 0 Å². The van der Waals surface area contributed by atoms with Crippen molar-refractivity contribution in [2.24, 2.45) is 11.7 Å². The zero-order valence-corrected chi connectivity index (χ0v) is 13.7. The topological polar surface area (TPSA) is 75.4 Å². The van der Waals surface area contributed by atoms with Crippen LogP contribution < -0.4 is 11.1 Å². The van der Waals surface area contributed by atoms with Crippen LogP contribution in [0.15, 0.2) is 0 Å². The van der Waals surface area contributed by atoms with Crippen molar-refractivity contribution in [2.75, 3.05) is 6.54 Å².